The Morgan fingerprint density at radius 3 is 2.35 bits per heavy atom. The SMILES string of the molecule is C[C@H](NCCc1ccc(-c2ccc(C(=O)NS(C)(=O)=O)c(OCCCF)c2)cc1)[C@H](O)c1ccccc1. The van der Waals surface area contributed by atoms with Crippen molar-refractivity contribution in [2.24, 2.45) is 0 Å². The maximum atomic E-state index is 12.6. The topological polar surface area (TPSA) is 105 Å². The molecule has 0 aromatic heterocycles. The normalized spacial score (nSPS) is 13.1. The van der Waals surface area contributed by atoms with Crippen molar-refractivity contribution in [1.29, 1.82) is 0 Å². The number of halogens is 1. The van der Waals surface area contributed by atoms with Crippen molar-refractivity contribution in [3.63, 3.8) is 0 Å². The predicted molar refractivity (Wildman–Crippen MR) is 143 cm³/mol. The first kappa shape index (κ1) is 28.3. The Morgan fingerprint density at radius 1 is 1.03 bits per heavy atom. The molecule has 0 fully saturated rings. The molecule has 0 radical (unpaired) electrons. The summed E-state index contributed by atoms with van der Waals surface area (Å²) in [5, 5.41) is 13.9. The fraction of sp³-hybridized carbons (Fsp3) is 0.321. The second-order valence-electron chi connectivity index (χ2n) is 8.85. The second kappa shape index (κ2) is 13.3. The van der Waals surface area contributed by atoms with E-state index in [4.69, 9.17) is 4.74 Å². The van der Waals surface area contributed by atoms with E-state index in [1.54, 1.807) is 12.1 Å². The van der Waals surface area contributed by atoms with Gasteiger partial charge in [-0.05, 0) is 54.3 Å². The van der Waals surface area contributed by atoms with Crippen LogP contribution in [0.25, 0.3) is 11.1 Å². The zero-order valence-electron chi connectivity index (χ0n) is 21.0. The molecule has 0 saturated carbocycles. The minimum absolute atomic E-state index is 0.0579. The minimum atomic E-state index is -3.75. The number of alkyl halides is 1. The summed E-state index contributed by atoms with van der Waals surface area (Å²) in [6.45, 7) is 2.14. The third kappa shape index (κ3) is 8.66. The van der Waals surface area contributed by atoms with Crippen LogP contribution in [0.5, 0.6) is 5.75 Å². The molecular weight excluding hydrogens is 495 g/mol. The van der Waals surface area contributed by atoms with Crippen LogP contribution < -0.4 is 14.8 Å². The smallest absolute Gasteiger partial charge is 0.268 e. The summed E-state index contributed by atoms with van der Waals surface area (Å²) in [6, 6.07) is 22.2. The summed E-state index contributed by atoms with van der Waals surface area (Å²) in [5.74, 6) is -0.620. The lowest BCUT2D eigenvalue weighted by Gasteiger charge is -2.20. The summed E-state index contributed by atoms with van der Waals surface area (Å²) >= 11 is 0. The van der Waals surface area contributed by atoms with E-state index >= 15 is 0 Å². The van der Waals surface area contributed by atoms with Crippen LogP contribution in [0.15, 0.2) is 72.8 Å². The van der Waals surface area contributed by atoms with E-state index in [-0.39, 0.29) is 30.4 Å². The van der Waals surface area contributed by atoms with Crippen molar-refractivity contribution in [3.05, 3.63) is 89.5 Å². The summed E-state index contributed by atoms with van der Waals surface area (Å²) < 4.78 is 43.0. The van der Waals surface area contributed by atoms with Gasteiger partial charge in [0.15, 0.2) is 0 Å². The Labute approximate surface area is 217 Å². The standard InChI is InChI=1S/C28H33FN2O5S/c1-20(27(32)23-7-4-3-5-8-23)30-17-15-21-9-11-22(12-10-21)24-13-14-25(28(33)31-37(2,34)35)26(19-24)36-18-6-16-29/h3-5,7-14,19-20,27,30,32H,6,15-18H2,1-2H3,(H,31,33)/t20-,27-/m0/s1. The molecule has 3 aromatic rings. The maximum absolute atomic E-state index is 12.6. The molecule has 2 atom stereocenters. The van der Waals surface area contributed by atoms with Crippen molar-refractivity contribution in [1.82, 2.24) is 10.0 Å². The highest BCUT2D eigenvalue weighted by molar-refractivity contribution is 7.89. The third-order valence-corrected chi connectivity index (χ3v) is 6.38. The van der Waals surface area contributed by atoms with E-state index < -0.39 is 28.7 Å². The number of ether oxygens (including phenoxy) is 1. The van der Waals surface area contributed by atoms with Crippen LogP contribution in [-0.2, 0) is 16.4 Å². The Kier molecular flexibility index (Phi) is 10.2. The van der Waals surface area contributed by atoms with Crippen molar-refractivity contribution in [3.8, 4) is 16.9 Å². The number of aliphatic hydroxyl groups is 1. The van der Waals surface area contributed by atoms with Gasteiger partial charge in [0.25, 0.3) is 5.91 Å². The molecule has 0 saturated heterocycles. The summed E-state index contributed by atoms with van der Waals surface area (Å²) in [7, 11) is -3.75. The number of hydrogen-bond donors (Lipinski definition) is 3. The summed E-state index contributed by atoms with van der Waals surface area (Å²) in [4.78, 5) is 12.4. The number of sulfonamides is 1. The predicted octanol–water partition coefficient (Wildman–Crippen LogP) is 4.04. The van der Waals surface area contributed by atoms with Gasteiger partial charge in [-0.25, -0.2) is 13.1 Å². The Balaban J connectivity index is 1.65. The van der Waals surface area contributed by atoms with Crippen LogP contribution in [0.3, 0.4) is 0 Å². The molecule has 37 heavy (non-hydrogen) atoms. The van der Waals surface area contributed by atoms with Crippen LogP contribution >= 0.6 is 0 Å². The lowest BCUT2D eigenvalue weighted by atomic mass is 10.0. The van der Waals surface area contributed by atoms with Crippen LogP contribution in [0.2, 0.25) is 0 Å². The molecule has 0 aliphatic rings. The van der Waals surface area contributed by atoms with Crippen molar-refractivity contribution >= 4 is 15.9 Å². The van der Waals surface area contributed by atoms with Gasteiger partial charge >= 0.3 is 0 Å². The second-order valence-corrected chi connectivity index (χ2v) is 10.6. The number of rotatable bonds is 13. The molecule has 0 heterocycles. The minimum Gasteiger partial charge on any atom is -0.493 e. The van der Waals surface area contributed by atoms with E-state index in [2.05, 4.69) is 5.32 Å². The van der Waals surface area contributed by atoms with Gasteiger partial charge in [0, 0.05) is 12.5 Å². The first-order chi connectivity index (χ1) is 17.7. The number of nitrogens with one attached hydrogen (secondary N) is 2. The van der Waals surface area contributed by atoms with Gasteiger partial charge in [0.2, 0.25) is 10.0 Å². The van der Waals surface area contributed by atoms with E-state index in [1.165, 1.54) is 6.07 Å². The lowest BCUT2D eigenvalue weighted by molar-refractivity contribution is 0.0977. The fourth-order valence-corrected chi connectivity index (χ4v) is 4.27. The van der Waals surface area contributed by atoms with Crippen LogP contribution in [0, 0.1) is 0 Å². The molecule has 9 heteroatoms. The van der Waals surface area contributed by atoms with Crippen molar-refractivity contribution in [2.75, 3.05) is 26.1 Å². The van der Waals surface area contributed by atoms with Crippen LogP contribution in [-0.4, -0.2) is 51.6 Å². The molecule has 3 rings (SSSR count). The maximum Gasteiger partial charge on any atom is 0.268 e. The van der Waals surface area contributed by atoms with E-state index in [9.17, 15) is 22.7 Å². The molecule has 3 aromatic carbocycles. The summed E-state index contributed by atoms with van der Waals surface area (Å²) in [5.41, 5.74) is 3.70. The van der Waals surface area contributed by atoms with Gasteiger partial charge in [-0.15, -0.1) is 0 Å². The molecule has 0 bridgehead atoms. The quantitative estimate of drug-likeness (QED) is 0.289. The zero-order chi connectivity index (χ0) is 26.8. The Hall–Kier alpha value is -3.27. The summed E-state index contributed by atoms with van der Waals surface area (Å²) in [6.07, 6.45) is 1.23. The molecule has 3 N–H and O–H groups in total. The van der Waals surface area contributed by atoms with Crippen LogP contribution in [0.1, 0.15) is 40.9 Å². The highest BCUT2D eigenvalue weighted by Gasteiger charge is 2.18. The number of benzene rings is 3. The monoisotopic (exact) mass is 528 g/mol. The van der Waals surface area contributed by atoms with E-state index in [1.807, 2.05) is 66.2 Å². The number of aliphatic hydroxyl groups excluding tert-OH is 1. The van der Waals surface area contributed by atoms with Crippen LogP contribution in [0.4, 0.5) is 4.39 Å². The van der Waals surface area contributed by atoms with Gasteiger partial charge in [0.05, 0.1) is 31.2 Å². The molecule has 198 valence electrons. The highest BCUT2D eigenvalue weighted by Crippen LogP contribution is 2.28. The highest BCUT2D eigenvalue weighted by atomic mass is 32.2. The number of amides is 1. The zero-order valence-corrected chi connectivity index (χ0v) is 21.8. The number of carbonyl (C=O) groups is 1. The Bertz CT molecular complexity index is 1270. The molecular formula is C28H33FN2O5S. The van der Waals surface area contributed by atoms with E-state index in [0.29, 0.717) is 6.54 Å². The molecule has 0 spiro atoms. The fourth-order valence-electron chi connectivity index (χ4n) is 3.83. The Morgan fingerprint density at radius 2 is 1.70 bits per heavy atom. The average molecular weight is 529 g/mol. The molecule has 0 aliphatic carbocycles. The van der Waals surface area contributed by atoms with Crippen molar-refractivity contribution in [2.45, 2.75) is 31.9 Å². The van der Waals surface area contributed by atoms with Gasteiger partial charge in [-0.1, -0.05) is 60.7 Å². The number of carbonyl (C=O) groups excluding carboxylic acids is 1. The largest absolute Gasteiger partial charge is 0.493 e. The number of hydrogen-bond acceptors (Lipinski definition) is 6. The molecule has 1 amide bonds. The van der Waals surface area contributed by atoms with Gasteiger partial charge in [-0.3, -0.25) is 9.18 Å². The first-order valence-electron chi connectivity index (χ1n) is 12.1. The third-order valence-electron chi connectivity index (χ3n) is 5.82. The van der Waals surface area contributed by atoms with E-state index in [0.717, 1.165) is 34.9 Å². The first-order valence-corrected chi connectivity index (χ1v) is 14.0. The lowest BCUT2D eigenvalue weighted by Crippen LogP contribution is -2.33. The average Bonchev–Trinajstić information content (AvgIpc) is 2.88. The molecule has 0 unspecified atom stereocenters. The van der Waals surface area contributed by atoms with Crippen molar-refractivity contribution < 1.29 is 27.4 Å². The molecule has 0 aliphatic heterocycles. The molecule has 7 nitrogen and oxygen atoms in total. The van der Waals surface area contributed by atoms with Gasteiger partial charge in [-0.2, -0.15) is 0 Å². The van der Waals surface area contributed by atoms with Gasteiger partial charge in [0.1, 0.15) is 5.75 Å². The van der Waals surface area contributed by atoms with Gasteiger partial charge < -0.3 is 15.2 Å².